The van der Waals surface area contributed by atoms with E-state index in [1.165, 1.54) is 0 Å². The molecule has 0 aromatic heterocycles. The molecule has 0 aliphatic carbocycles. The molecule has 0 aromatic carbocycles. The molecule has 0 saturated carbocycles. The van der Waals surface area contributed by atoms with Crippen LogP contribution in [-0.4, -0.2) is 30.4 Å². The molecule has 1 heterocycles. The highest BCUT2D eigenvalue weighted by Gasteiger charge is 2.34. The average Bonchev–Trinajstić information content (AvgIpc) is 2.61. The Morgan fingerprint density at radius 2 is 2.19 bits per heavy atom. The maximum absolute atomic E-state index is 11.5. The SMILES string of the molecule is CCC1(CNC(=O)OC(C)(C)C)CCCO1. The zero-order valence-corrected chi connectivity index (χ0v) is 10.8. The molecule has 1 atom stereocenters. The Hall–Kier alpha value is -0.770. The lowest BCUT2D eigenvalue weighted by atomic mass is 9.97. The molecule has 0 radical (unpaired) electrons. The zero-order chi connectivity index (χ0) is 12.2. The van der Waals surface area contributed by atoms with Crippen LogP contribution < -0.4 is 5.32 Å². The first-order chi connectivity index (χ1) is 7.37. The maximum atomic E-state index is 11.5. The number of amides is 1. The minimum Gasteiger partial charge on any atom is -0.444 e. The van der Waals surface area contributed by atoms with Crippen molar-refractivity contribution in [3.63, 3.8) is 0 Å². The number of alkyl carbamates (subject to hydrolysis) is 1. The van der Waals surface area contributed by atoms with Crippen molar-refractivity contribution < 1.29 is 14.3 Å². The van der Waals surface area contributed by atoms with Gasteiger partial charge in [0.1, 0.15) is 5.60 Å². The molecule has 1 fully saturated rings. The monoisotopic (exact) mass is 229 g/mol. The first-order valence-electron chi connectivity index (χ1n) is 5.98. The Balaban J connectivity index is 2.35. The number of carbonyl (C=O) groups is 1. The van der Waals surface area contributed by atoms with E-state index in [-0.39, 0.29) is 11.7 Å². The Morgan fingerprint density at radius 1 is 1.50 bits per heavy atom. The third-order valence-electron chi connectivity index (χ3n) is 2.78. The molecule has 4 nitrogen and oxygen atoms in total. The smallest absolute Gasteiger partial charge is 0.407 e. The van der Waals surface area contributed by atoms with Crippen LogP contribution in [0.25, 0.3) is 0 Å². The molecule has 1 aliphatic heterocycles. The van der Waals surface area contributed by atoms with E-state index in [2.05, 4.69) is 12.2 Å². The third kappa shape index (κ3) is 4.00. The number of carbonyl (C=O) groups excluding carboxylic acids is 1. The molecule has 94 valence electrons. The molecule has 0 spiro atoms. The van der Waals surface area contributed by atoms with Crippen molar-refractivity contribution in [3.05, 3.63) is 0 Å². The third-order valence-corrected chi connectivity index (χ3v) is 2.78. The van der Waals surface area contributed by atoms with E-state index in [0.29, 0.717) is 6.54 Å². The Morgan fingerprint density at radius 3 is 2.62 bits per heavy atom. The quantitative estimate of drug-likeness (QED) is 0.808. The largest absolute Gasteiger partial charge is 0.444 e. The van der Waals surface area contributed by atoms with Crippen molar-refractivity contribution >= 4 is 6.09 Å². The van der Waals surface area contributed by atoms with Gasteiger partial charge in [-0.25, -0.2) is 4.79 Å². The van der Waals surface area contributed by atoms with Gasteiger partial charge in [-0.3, -0.25) is 0 Å². The van der Waals surface area contributed by atoms with Crippen LogP contribution >= 0.6 is 0 Å². The van der Waals surface area contributed by atoms with Crippen LogP contribution in [0.2, 0.25) is 0 Å². The summed E-state index contributed by atoms with van der Waals surface area (Å²) in [5.41, 5.74) is -0.614. The Bertz CT molecular complexity index is 239. The van der Waals surface area contributed by atoms with Crippen LogP contribution in [0.5, 0.6) is 0 Å². The van der Waals surface area contributed by atoms with E-state index in [4.69, 9.17) is 9.47 Å². The van der Waals surface area contributed by atoms with E-state index < -0.39 is 5.60 Å². The molecular weight excluding hydrogens is 206 g/mol. The van der Waals surface area contributed by atoms with E-state index in [0.717, 1.165) is 25.9 Å². The molecule has 1 rings (SSSR count). The summed E-state index contributed by atoms with van der Waals surface area (Å²) in [4.78, 5) is 11.5. The summed E-state index contributed by atoms with van der Waals surface area (Å²) in [6, 6.07) is 0. The summed E-state index contributed by atoms with van der Waals surface area (Å²) in [7, 11) is 0. The highest BCUT2D eigenvalue weighted by Crippen LogP contribution is 2.28. The number of rotatable bonds is 3. The van der Waals surface area contributed by atoms with Gasteiger partial charge in [0, 0.05) is 13.2 Å². The zero-order valence-electron chi connectivity index (χ0n) is 10.8. The van der Waals surface area contributed by atoms with Crippen LogP contribution in [0.15, 0.2) is 0 Å². The molecule has 1 aliphatic rings. The van der Waals surface area contributed by atoms with Gasteiger partial charge in [0.2, 0.25) is 0 Å². The predicted molar refractivity (Wildman–Crippen MR) is 62.4 cm³/mol. The highest BCUT2D eigenvalue weighted by molar-refractivity contribution is 5.67. The fourth-order valence-corrected chi connectivity index (χ4v) is 1.85. The average molecular weight is 229 g/mol. The van der Waals surface area contributed by atoms with Crippen molar-refractivity contribution in [2.75, 3.05) is 13.2 Å². The fourth-order valence-electron chi connectivity index (χ4n) is 1.85. The minimum atomic E-state index is -0.444. The minimum absolute atomic E-state index is 0.170. The van der Waals surface area contributed by atoms with E-state index >= 15 is 0 Å². The first kappa shape index (κ1) is 13.3. The second kappa shape index (κ2) is 5.04. The number of ether oxygens (including phenoxy) is 2. The van der Waals surface area contributed by atoms with Gasteiger partial charge in [-0.15, -0.1) is 0 Å². The van der Waals surface area contributed by atoms with Gasteiger partial charge in [0.05, 0.1) is 5.60 Å². The molecule has 1 saturated heterocycles. The molecule has 4 heteroatoms. The van der Waals surface area contributed by atoms with Crippen molar-refractivity contribution in [2.45, 2.75) is 58.2 Å². The molecule has 1 N–H and O–H groups in total. The molecule has 0 aromatic rings. The van der Waals surface area contributed by atoms with Crippen LogP contribution in [0, 0.1) is 0 Å². The molecule has 1 unspecified atom stereocenters. The summed E-state index contributed by atoms with van der Waals surface area (Å²) < 4.78 is 10.9. The van der Waals surface area contributed by atoms with Gasteiger partial charge >= 0.3 is 6.09 Å². The van der Waals surface area contributed by atoms with Crippen molar-refractivity contribution in [1.82, 2.24) is 5.32 Å². The van der Waals surface area contributed by atoms with E-state index in [9.17, 15) is 4.79 Å². The van der Waals surface area contributed by atoms with E-state index in [1.807, 2.05) is 20.8 Å². The van der Waals surface area contributed by atoms with Gasteiger partial charge in [0.15, 0.2) is 0 Å². The summed E-state index contributed by atoms with van der Waals surface area (Å²) >= 11 is 0. The second-order valence-electron chi connectivity index (χ2n) is 5.34. The number of hydrogen-bond donors (Lipinski definition) is 1. The van der Waals surface area contributed by atoms with Gasteiger partial charge in [-0.05, 0) is 40.0 Å². The lowest BCUT2D eigenvalue weighted by Crippen LogP contribution is -2.43. The summed E-state index contributed by atoms with van der Waals surface area (Å²) in [5.74, 6) is 0. The first-order valence-corrected chi connectivity index (χ1v) is 5.98. The normalized spacial score (nSPS) is 25.5. The molecule has 0 bridgehead atoms. The van der Waals surface area contributed by atoms with Crippen molar-refractivity contribution in [1.29, 1.82) is 0 Å². The highest BCUT2D eigenvalue weighted by atomic mass is 16.6. The van der Waals surface area contributed by atoms with Crippen LogP contribution in [0.1, 0.15) is 47.0 Å². The van der Waals surface area contributed by atoms with Gasteiger partial charge in [0.25, 0.3) is 0 Å². The summed E-state index contributed by atoms with van der Waals surface area (Å²) in [5, 5.41) is 2.79. The Kier molecular flexibility index (Phi) is 4.19. The standard InChI is InChI=1S/C12H23NO3/c1-5-12(7-6-8-15-12)9-13-10(14)16-11(2,3)4/h5-9H2,1-4H3,(H,13,14). The van der Waals surface area contributed by atoms with Gasteiger partial charge < -0.3 is 14.8 Å². The van der Waals surface area contributed by atoms with Crippen LogP contribution in [0.4, 0.5) is 4.79 Å². The lowest BCUT2D eigenvalue weighted by Gasteiger charge is -2.28. The number of nitrogens with one attached hydrogen (secondary N) is 1. The Labute approximate surface area is 97.7 Å². The predicted octanol–water partition coefficient (Wildman–Crippen LogP) is 2.47. The van der Waals surface area contributed by atoms with Crippen molar-refractivity contribution in [2.24, 2.45) is 0 Å². The molecular formula is C12H23NO3. The molecule has 16 heavy (non-hydrogen) atoms. The fraction of sp³-hybridized carbons (Fsp3) is 0.917. The lowest BCUT2D eigenvalue weighted by molar-refractivity contribution is -0.00330. The second-order valence-corrected chi connectivity index (χ2v) is 5.34. The van der Waals surface area contributed by atoms with Crippen LogP contribution in [-0.2, 0) is 9.47 Å². The molecule has 1 amide bonds. The van der Waals surface area contributed by atoms with E-state index in [1.54, 1.807) is 0 Å². The van der Waals surface area contributed by atoms with Gasteiger partial charge in [-0.1, -0.05) is 6.92 Å². The maximum Gasteiger partial charge on any atom is 0.407 e. The van der Waals surface area contributed by atoms with Gasteiger partial charge in [-0.2, -0.15) is 0 Å². The topological polar surface area (TPSA) is 47.6 Å². The summed E-state index contributed by atoms with van der Waals surface area (Å²) in [6.07, 6.45) is 2.64. The van der Waals surface area contributed by atoms with Crippen LogP contribution in [0.3, 0.4) is 0 Å². The number of hydrogen-bond acceptors (Lipinski definition) is 3. The van der Waals surface area contributed by atoms with Crippen molar-refractivity contribution in [3.8, 4) is 0 Å². The summed E-state index contributed by atoms with van der Waals surface area (Å²) in [6.45, 7) is 8.99.